The molecular weight excluding hydrogens is 134 g/mol. The van der Waals surface area contributed by atoms with E-state index in [4.69, 9.17) is 5.11 Å². The first-order chi connectivity index (χ1) is 4.81. The van der Waals surface area contributed by atoms with Crippen LogP contribution in [-0.2, 0) is 4.79 Å². The highest BCUT2D eigenvalue weighted by Crippen LogP contribution is 1.99. The molecular formula is C6H11NO3. The van der Waals surface area contributed by atoms with Gasteiger partial charge in [0.15, 0.2) is 0 Å². The van der Waals surface area contributed by atoms with Crippen LogP contribution in [0.1, 0.15) is 25.7 Å². The number of nitrogens with zero attached hydrogens (tertiary/aromatic N) is 1. The molecule has 4 nitrogen and oxygen atoms in total. The van der Waals surface area contributed by atoms with Crippen molar-refractivity contribution in [1.82, 2.24) is 0 Å². The standard InChI is InChI=1S/C6H11NO3/c8-5-3-1-2-4-6(9)7-10/h8H,1-5H2. The average Bonchev–Trinajstić information content (AvgIpc) is 1.98. The van der Waals surface area contributed by atoms with Crippen molar-refractivity contribution in [3.63, 3.8) is 0 Å². The van der Waals surface area contributed by atoms with Gasteiger partial charge in [-0.15, -0.1) is 4.91 Å². The van der Waals surface area contributed by atoms with E-state index in [1.54, 1.807) is 0 Å². The van der Waals surface area contributed by atoms with E-state index >= 15 is 0 Å². The van der Waals surface area contributed by atoms with E-state index in [9.17, 15) is 9.70 Å². The lowest BCUT2D eigenvalue weighted by atomic mass is 10.2. The summed E-state index contributed by atoms with van der Waals surface area (Å²) in [7, 11) is 0. The Bertz CT molecular complexity index is 114. The zero-order valence-corrected chi connectivity index (χ0v) is 5.75. The molecule has 0 aliphatic heterocycles. The third kappa shape index (κ3) is 5.37. The van der Waals surface area contributed by atoms with Crippen LogP contribution in [0.2, 0.25) is 0 Å². The Hall–Kier alpha value is -0.770. The van der Waals surface area contributed by atoms with E-state index < -0.39 is 5.91 Å². The van der Waals surface area contributed by atoms with Crippen LogP contribution >= 0.6 is 0 Å². The molecule has 1 amide bonds. The molecule has 0 aromatic rings. The summed E-state index contributed by atoms with van der Waals surface area (Å²) in [4.78, 5) is 19.8. The summed E-state index contributed by atoms with van der Waals surface area (Å²) in [5, 5.41) is 10.6. The second kappa shape index (κ2) is 6.35. The van der Waals surface area contributed by atoms with Crippen molar-refractivity contribution in [2.45, 2.75) is 25.7 Å². The first-order valence-corrected chi connectivity index (χ1v) is 3.28. The molecule has 0 spiro atoms. The molecule has 0 saturated carbocycles. The molecule has 0 unspecified atom stereocenters. The molecule has 58 valence electrons. The molecule has 0 bridgehead atoms. The number of hydrogen-bond donors (Lipinski definition) is 1. The number of aliphatic hydroxyl groups is 1. The van der Waals surface area contributed by atoms with Gasteiger partial charge in [0, 0.05) is 18.2 Å². The Balaban J connectivity index is 3.03. The summed E-state index contributed by atoms with van der Waals surface area (Å²) in [5.41, 5.74) is 0. The van der Waals surface area contributed by atoms with Gasteiger partial charge in [-0.3, -0.25) is 4.79 Å². The Labute approximate surface area is 59.2 Å². The summed E-state index contributed by atoms with van der Waals surface area (Å²) in [6.07, 6.45) is 2.32. The summed E-state index contributed by atoms with van der Waals surface area (Å²) in [5.74, 6) is -0.599. The monoisotopic (exact) mass is 145 g/mol. The van der Waals surface area contributed by atoms with Crippen LogP contribution in [0.25, 0.3) is 0 Å². The lowest BCUT2D eigenvalue weighted by Gasteiger charge is -1.92. The lowest BCUT2D eigenvalue weighted by Crippen LogP contribution is -1.91. The van der Waals surface area contributed by atoms with Crippen molar-refractivity contribution >= 4 is 5.91 Å². The molecule has 0 rings (SSSR count). The second-order valence-corrected chi connectivity index (χ2v) is 2.02. The van der Waals surface area contributed by atoms with Gasteiger partial charge in [-0.2, -0.15) is 0 Å². The highest BCUT2D eigenvalue weighted by Gasteiger charge is 1.98. The van der Waals surface area contributed by atoms with Crippen LogP contribution in [0.4, 0.5) is 0 Å². The van der Waals surface area contributed by atoms with Crippen molar-refractivity contribution < 1.29 is 9.90 Å². The maximum atomic E-state index is 10.2. The molecule has 0 saturated heterocycles. The summed E-state index contributed by atoms with van der Waals surface area (Å²) in [6, 6.07) is 0. The fourth-order valence-corrected chi connectivity index (χ4v) is 0.610. The number of carbonyl (C=O) groups is 1. The van der Waals surface area contributed by atoms with E-state index in [1.807, 2.05) is 0 Å². The molecule has 0 fully saturated rings. The van der Waals surface area contributed by atoms with Gasteiger partial charge < -0.3 is 5.11 Å². The SMILES string of the molecule is O=NC(=O)CCCCCO. The van der Waals surface area contributed by atoms with Crippen molar-refractivity contribution in [1.29, 1.82) is 0 Å². The maximum absolute atomic E-state index is 10.2. The predicted molar refractivity (Wildman–Crippen MR) is 36.4 cm³/mol. The smallest absolute Gasteiger partial charge is 0.286 e. The van der Waals surface area contributed by atoms with Gasteiger partial charge >= 0.3 is 0 Å². The van der Waals surface area contributed by atoms with Gasteiger partial charge in [-0.1, -0.05) is 6.42 Å². The second-order valence-electron chi connectivity index (χ2n) is 2.02. The van der Waals surface area contributed by atoms with Gasteiger partial charge in [-0.05, 0) is 12.8 Å². The number of unbranched alkanes of at least 4 members (excludes halogenated alkanes) is 2. The Morgan fingerprint density at radius 2 is 2.00 bits per heavy atom. The van der Waals surface area contributed by atoms with E-state index in [0.29, 0.717) is 12.8 Å². The number of aliphatic hydroxyl groups excluding tert-OH is 1. The summed E-state index contributed by atoms with van der Waals surface area (Å²) < 4.78 is 0. The fraction of sp³-hybridized carbons (Fsp3) is 0.833. The molecule has 0 aliphatic rings. The number of rotatable bonds is 5. The molecule has 0 aliphatic carbocycles. The number of hydrogen-bond acceptors (Lipinski definition) is 3. The molecule has 0 radical (unpaired) electrons. The normalized spacial score (nSPS) is 9.30. The van der Waals surface area contributed by atoms with Crippen LogP contribution in [0.15, 0.2) is 5.18 Å². The van der Waals surface area contributed by atoms with E-state index in [1.165, 1.54) is 0 Å². The van der Waals surface area contributed by atoms with Crippen molar-refractivity contribution in [2.24, 2.45) is 5.18 Å². The number of carbonyl (C=O) groups excluding carboxylic acids is 1. The van der Waals surface area contributed by atoms with Crippen molar-refractivity contribution in [2.75, 3.05) is 6.61 Å². The molecule has 1 N–H and O–H groups in total. The van der Waals surface area contributed by atoms with Crippen LogP contribution in [0.5, 0.6) is 0 Å². The largest absolute Gasteiger partial charge is 0.396 e. The average molecular weight is 145 g/mol. The third-order valence-corrected chi connectivity index (χ3v) is 1.15. The predicted octanol–water partition coefficient (Wildman–Crippen LogP) is 0.832. The Morgan fingerprint density at radius 3 is 2.50 bits per heavy atom. The minimum atomic E-state index is -0.599. The topological polar surface area (TPSA) is 66.7 Å². The minimum absolute atomic E-state index is 0.142. The highest BCUT2D eigenvalue weighted by molar-refractivity contribution is 5.76. The molecule has 0 atom stereocenters. The maximum Gasteiger partial charge on any atom is 0.286 e. The molecule has 10 heavy (non-hydrogen) atoms. The summed E-state index contributed by atoms with van der Waals surface area (Å²) in [6.45, 7) is 0.142. The number of amides is 1. The molecule has 0 heterocycles. The highest BCUT2D eigenvalue weighted by atomic mass is 16.3. The molecule has 0 aromatic carbocycles. The van der Waals surface area contributed by atoms with Gasteiger partial charge in [0.05, 0.1) is 0 Å². The van der Waals surface area contributed by atoms with E-state index in [2.05, 4.69) is 5.18 Å². The quantitative estimate of drug-likeness (QED) is 0.460. The third-order valence-electron chi connectivity index (χ3n) is 1.15. The van der Waals surface area contributed by atoms with Gasteiger partial charge in [0.25, 0.3) is 5.91 Å². The minimum Gasteiger partial charge on any atom is -0.396 e. The zero-order valence-electron chi connectivity index (χ0n) is 5.75. The molecule has 0 aromatic heterocycles. The zero-order chi connectivity index (χ0) is 7.82. The van der Waals surface area contributed by atoms with E-state index in [-0.39, 0.29) is 13.0 Å². The molecule has 4 heteroatoms. The van der Waals surface area contributed by atoms with Crippen LogP contribution < -0.4 is 0 Å². The Morgan fingerprint density at radius 1 is 1.30 bits per heavy atom. The van der Waals surface area contributed by atoms with Gasteiger partial charge in [0.2, 0.25) is 0 Å². The van der Waals surface area contributed by atoms with E-state index in [0.717, 1.165) is 6.42 Å². The fourth-order valence-electron chi connectivity index (χ4n) is 0.610. The van der Waals surface area contributed by atoms with Crippen molar-refractivity contribution in [3.8, 4) is 0 Å². The van der Waals surface area contributed by atoms with Crippen molar-refractivity contribution in [3.05, 3.63) is 4.91 Å². The lowest BCUT2D eigenvalue weighted by molar-refractivity contribution is -0.118. The first-order valence-electron chi connectivity index (χ1n) is 3.28. The summed E-state index contributed by atoms with van der Waals surface area (Å²) >= 11 is 0. The van der Waals surface area contributed by atoms with Gasteiger partial charge in [0.1, 0.15) is 0 Å². The van der Waals surface area contributed by atoms with Crippen LogP contribution in [-0.4, -0.2) is 17.6 Å². The van der Waals surface area contributed by atoms with Crippen LogP contribution in [0, 0.1) is 4.91 Å². The first kappa shape index (κ1) is 9.23. The van der Waals surface area contributed by atoms with Gasteiger partial charge in [-0.25, -0.2) is 0 Å². The Kier molecular flexibility index (Phi) is 5.86. The van der Waals surface area contributed by atoms with Crippen LogP contribution in [0.3, 0.4) is 0 Å². The number of nitroso groups, excluding NO2 is 1.